The van der Waals surface area contributed by atoms with Crippen LogP contribution in [-0.4, -0.2) is 55.6 Å². The zero-order valence-electron chi connectivity index (χ0n) is 12.8. The summed E-state index contributed by atoms with van der Waals surface area (Å²) >= 11 is 0. The second kappa shape index (κ2) is 6.42. The highest BCUT2D eigenvalue weighted by Crippen LogP contribution is 2.18. The Hall–Kier alpha value is -0.980. The van der Waals surface area contributed by atoms with Crippen molar-refractivity contribution >= 4 is 10.0 Å². The average Bonchev–Trinajstić information content (AvgIpc) is 2.38. The molecule has 0 amide bonds. The summed E-state index contributed by atoms with van der Waals surface area (Å²) in [6, 6.07) is 6.93. The van der Waals surface area contributed by atoms with E-state index in [4.69, 9.17) is 0 Å². The number of hydrogen-bond acceptors (Lipinski definition) is 3. The lowest BCUT2D eigenvalue weighted by Gasteiger charge is -2.43. The van der Waals surface area contributed by atoms with E-state index in [1.807, 2.05) is 0 Å². The lowest BCUT2D eigenvalue weighted by Crippen LogP contribution is -2.58. The average molecular weight is 314 g/mol. The van der Waals surface area contributed by atoms with Crippen LogP contribution in [0.25, 0.3) is 0 Å². The van der Waals surface area contributed by atoms with Crippen LogP contribution in [0.3, 0.4) is 0 Å². The van der Waals surface area contributed by atoms with E-state index in [0.29, 0.717) is 13.1 Å². The van der Waals surface area contributed by atoms with E-state index < -0.39 is 10.0 Å². The van der Waals surface area contributed by atoms with E-state index in [2.05, 4.69) is 18.7 Å². The molecule has 1 aromatic carbocycles. The van der Waals surface area contributed by atoms with Gasteiger partial charge < -0.3 is 0 Å². The number of halogens is 1. The molecule has 1 saturated heterocycles. The molecule has 1 aliphatic heterocycles. The predicted molar refractivity (Wildman–Crippen MR) is 82.2 cm³/mol. The topological polar surface area (TPSA) is 40.6 Å². The van der Waals surface area contributed by atoms with Gasteiger partial charge in [-0.15, -0.1) is 0 Å². The first-order chi connectivity index (χ1) is 9.77. The Balaban J connectivity index is 1.96. The van der Waals surface area contributed by atoms with E-state index in [9.17, 15) is 12.8 Å². The number of hydrogen-bond donors (Lipinski definition) is 0. The van der Waals surface area contributed by atoms with Crippen LogP contribution >= 0.6 is 0 Å². The second-order valence-electron chi connectivity index (χ2n) is 5.89. The molecule has 0 saturated carbocycles. The summed E-state index contributed by atoms with van der Waals surface area (Å²) in [7, 11) is -3.12. The van der Waals surface area contributed by atoms with E-state index >= 15 is 0 Å². The Morgan fingerprint density at radius 2 is 1.67 bits per heavy atom. The number of sulfonamides is 1. The molecule has 0 N–H and O–H groups in total. The van der Waals surface area contributed by atoms with Crippen molar-refractivity contribution in [2.24, 2.45) is 0 Å². The molecular formula is C15H23FN2O2S. The van der Waals surface area contributed by atoms with Crippen molar-refractivity contribution in [3.05, 3.63) is 35.6 Å². The molecule has 0 bridgehead atoms. The number of nitrogens with zero attached hydrogens (tertiary/aromatic N) is 2. The summed E-state index contributed by atoms with van der Waals surface area (Å²) in [4.78, 5) is 2.32. The van der Waals surface area contributed by atoms with Crippen LogP contribution in [-0.2, 0) is 16.4 Å². The van der Waals surface area contributed by atoms with Crippen LogP contribution in [0.5, 0.6) is 0 Å². The van der Waals surface area contributed by atoms with Crippen LogP contribution in [0.15, 0.2) is 24.3 Å². The maximum Gasteiger partial charge on any atom is 0.211 e. The molecule has 21 heavy (non-hydrogen) atoms. The van der Waals surface area contributed by atoms with Gasteiger partial charge >= 0.3 is 0 Å². The molecule has 6 heteroatoms. The van der Waals surface area contributed by atoms with Crippen LogP contribution in [0.1, 0.15) is 19.4 Å². The molecule has 0 aliphatic carbocycles. The molecule has 118 valence electrons. The lowest BCUT2D eigenvalue weighted by molar-refractivity contribution is 0.0787. The van der Waals surface area contributed by atoms with Crippen molar-refractivity contribution in [1.29, 1.82) is 0 Å². The summed E-state index contributed by atoms with van der Waals surface area (Å²) in [6.07, 6.45) is 2.11. The smallest absolute Gasteiger partial charge is 0.211 e. The summed E-state index contributed by atoms with van der Waals surface area (Å²) in [5.74, 6) is -0.220. The number of benzene rings is 1. The highest BCUT2D eigenvalue weighted by atomic mass is 32.2. The molecule has 2 unspecified atom stereocenters. The van der Waals surface area contributed by atoms with Gasteiger partial charge in [0, 0.05) is 31.7 Å². The van der Waals surface area contributed by atoms with Crippen molar-refractivity contribution in [2.75, 3.05) is 25.9 Å². The van der Waals surface area contributed by atoms with Crippen molar-refractivity contribution in [1.82, 2.24) is 9.21 Å². The molecule has 2 rings (SSSR count). The van der Waals surface area contributed by atoms with Crippen LogP contribution in [0, 0.1) is 5.82 Å². The van der Waals surface area contributed by atoms with Gasteiger partial charge in [0.2, 0.25) is 10.0 Å². The maximum absolute atomic E-state index is 12.9. The van der Waals surface area contributed by atoms with E-state index in [-0.39, 0.29) is 17.9 Å². The van der Waals surface area contributed by atoms with Crippen LogP contribution in [0.4, 0.5) is 4.39 Å². The Kier molecular flexibility index (Phi) is 5.01. The summed E-state index contributed by atoms with van der Waals surface area (Å²) < 4.78 is 37.8. The Morgan fingerprint density at radius 1 is 1.14 bits per heavy atom. The fourth-order valence-corrected chi connectivity index (χ4v) is 3.90. The standard InChI is InChI=1S/C15H23FN2O2S/c1-12-10-17(21(3,19)20)11-13(2)18(12)9-8-14-4-6-15(16)7-5-14/h4-7,12-13H,8-11H2,1-3H3. The zero-order chi connectivity index (χ0) is 15.6. The molecule has 0 radical (unpaired) electrons. The van der Waals surface area contributed by atoms with Crippen molar-refractivity contribution in [3.8, 4) is 0 Å². The Labute approximate surface area is 126 Å². The van der Waals surface area contributed by atoms with Gasteiger partial charge in [-0.2, -0.15) is 4.31 Å². The summed E-state index contributed by atoms with van der Waals surface area (Å²) in [6.45, 7) is 6.03. The quantitative estimate of drug-likeness (QED) is 0.850. The predicted octanol–water partition coefficient (Wildman–Crippen LogP) is 1.72. The first-order valence-electron chi connectivity index (χ1n) is 7.22. The molecule has 0 spiro atoms. The molecule has 2 atom stereocenters. The van der Waals surface area contributed by atoms with Gasteiger partial charge in [0.15, 0.2) is 0 Å². The third-order valence-corrected chi connectivity index (χ3v) is 5.35. The first-order valence-corrected chi connectivity index (χ1v) is 9.07. The molecule has 0 aromatic heterocycles. The van der Waals surface area contributed by atoms with Gasteiger partial charge in [-0.1, -0.05) is 12.1 Å². The number of rotatable bonds is 4. The maximum atomic E-state index is 12.9. The van der Waals surface area contributed by atoms with Crippen LogP contribution in [0.2, 0.25) is 0 Å². The minimum absolute atomic E-state index is 0.184. The molecule has 4 nitrogen and oxygen atoms in total. The fraction of sp³-hybridized carbons (Fsp3) is 0.600. The number of piperazine rings is 1. The summed E-state index contributed by atoms with van der Waals surface area (Å²) in [5, 5.41) is 0. The lowest BCUT2D eigenvalue weighted by atomic mass is 10.1. The van der Waals surface area contributed by atoms with E-state index in [1.54, 1.807) is 16.4 Å². The minimum atomic E-state index is -3.12. The molecular weight excluding hydrogens is 291 g/mol. The molecule has 1 aliphatic rings. The van der Waals surface area contributed by atoms with Gasteiger partial charge in [-0.25, -0.2) is 12.8 Å². The monoisotopic (exact) mass is 314 g/mol. The molecule has 1 heterocycles. The van der Waals surface area contributed by atoms with E-state index in [1.165, 1.54) is 18.4 Å². The van der Waals surface area contributed by atoms with Crippen molar-refractivity contribution in [3.63, 3.8) is 0 Å². The fourth-order valence-electron chi connectivity index (χ4n) is 2.93. The van der Waals surface area contributed by atoms with E-state index in [0.717, 1.165) is 18.5 Å². The third-order valence-electron chi connectivity index (χ3n) is 4.11. The normalized spacial score (nSPS) is 25.1. The summed E-state index contributed by atoms with van der Waals surface area (Å²) in [5.41, 5.74) is 1.10. The zero-order valence-corrected chi connectivity index (χ0v) is 13.6. The largest absolute Gasteiger partial charge is 0.295 e. The highest BCUT2D eigenvalue weighted by molar-refractivity contribution is 7.88. The van der Waals surface area contributed by atoms with Gasteiger partial charge in [0.05, 0.1) is 6.26 Å². The highest BCUT2D eigenvalue weighted by Gasteiger charge is 2.32. The van der Waals surface area contributed by atoms with Crippen molar-refractivity contribution in [2.45, 2.75) is 32.4 Å². The second-order valence-corrected chi connectivity index (χ2v) is 7.87. The first kappa shape index (κ1) is 16.4. The van der Waals surface area contributed by atoms with Gasteiger partial charge in [0.1, 0.15) is 5.82 Å². The molecule has 1 aromatic rings. The third kappa shape index (κ3) is 4.25. The Morgan fingerprint density at radius 3 is 2.14 bits per heavy atom. The molecule has 1 fully saturated rings. The van der Waals surface area contributed by atoms with Gasteiger partial charge in [0.25, 0.3) is 0 Å². The Bertz CT molecular complexity index is 562. The van der Waals surface area contributed by atoms with Crippen LogP contribution < -0.4 is 0 Å². The van der Waals surface area contributed by atoms with Gasteiger partial charge in [-0.3, -0.25) is 4.90 Å². The SMILES string of the molecule is CC1CN(S(C)(=O)=O)CC(C)N1CCc1ccc(F)cc1. The van der Waals surface area contributed by atoms with Gasteiger partial charge in [-0.05, 0) is 38.0 Å². The van der Waals surface area contributed by atoms with Crippen molar-refractivity contribution < 1.29 is 12.8 Å². The minimum Gasteiger partial charge on any atom is -0.295 e.